The fourth-order valence-corrected chi connectivity index (χ4v) is 8.37. The van der Waals surface area contributed by atoms with Gasteiger partial charge in [-0.05, 0) is 105 Å². The van der Waals surface area contributed by atoms with E-state index < -0.39 is 0 Å². The van der Waals surface area contributed by atoms with Crippen molar-refractivity contribution in [3.8, 4) is 77.9 Å². The second kappa shape index (κ2) is 11.6. The van der Waals surface area contributed by atoms with Gasteiger partial charge in [0.25, 0.3) is 0 Å². The van der Waals surface area contributed by atoms with Crippen LogP contribution in [-0.2, 0) is 0 Å². The van der Waals surface area contributed by atoms with E-state index in [9.17, 15) is 0 Å². The molecule has 0 fully saturated rings. The summed E-state index contributed by atoms with van der Waals surface area (Å²) in [6, 6.07) is 71.2. The molecule has 9 aromatic rings. The van der Waals surface area contributed by atoms with E-state index in [1.165, 1.54) is 99.4 Å². The predicted octanol–water partition coefficient (Wildman–Crippen LogP) is 14.0. The largest absolute Gasteiger partial charge is 0.0622 e. The SMILES string of the molecule is c1ccc(-c2c(-c3ccccc3)c(-c3ccccc3)c3c(-c4ccccc4)c(-c4cccc5ccccc45)cc4c3c2-c2ccccc2-4)cc1. The van der Waals surface area contributed by atoms with Crippen molar-refractivity contribution in [2.45, 2.75) is 0 Å². The van der Waals surface area contributed by atoms with Gasteiger partial charge in [0.1, 0.15) is 0 Å². The normalized spacial score (nSPS) is 11.6. The van der Waals surface area contributed by atoms with Crippen molar-refractivity contribution in [2.24, 2.45) is 0 Å². The lowest BCUT2D eigenvalue weighted by Gasteiger charge is -2.26. The molecule has 1 aliphatic carbocycles. The zero-order valence-electron chi connectivity index (χ0n) is 27.5. The van der Waals surface area contributed by atoms with Gasteiger partial charge in [0.05, 0.1) is 0 Å². The highest BCUT2D eigenvalue weighted by Crippen LogP contribution is 2.61. The molecule has 0 unspecified atom stereocenters. The van der Waals surface area contributed by atoms with E-state index in [2.05, 4.69) is 194 Å². The van der Waals surface area contributed by atoms with E-state index in [1.54, 1.807) is 0 Å². The number of hydrogen-bond acceptors (Lipinski definition) is 0. The van der Waals surface area contributed by atoms with Gasteiger partial charge >= 0.3 is 0 Å². The molecule has 0 N–H and O–H groups in total. The summed E-state index contributed by atoms with van der Waals surface area (Å²) in [6.07, 6.45) is 0. The highest BCUT2D eigenvalue weighted by molar-refractivity contribution is 6.31. The molecule has 50 heavy (non-hydrogen) atoms. The molecule has 0 atom stereocenters. The number of hydrogen-bond donors (Lipinski definition) is 0. The van der Waals surface area contributed by atoms with Crippen molar-refractivity contribution in [2.75, 3.05) is 0 Å². The Bertz CT molecular complexity index is 2700. The first-order chi connectivity index (χ1) is 24.9. The zero-order valence-corrected chi connectivity index (χ0v) is 27.5. The molecule has 0 bridgehead atoms. The summed E-state index contributed by atoms with van der Waals surface area (Å²) in [6.45, 7) is 0. The minimum absolute atomic E-state index is 1.21. The molecule has 0 heterocycles. The van der Waals surface area contributed by atoms with Crippen LogP contribution in [0.25, 0.3) is 99.4 Å². The maximum Gasteiger partial charge on any atom is -0.000137 e. The lowest BCUT2D eigenvalue weighted by molar-refractivity contribution is 1.58. The van der Waals surface area contributed by atoms with E-state index in [0.29, 0.717) is 0 Å². The molecule has 232 valence electrons. The average Bonchev–Trinajstić information content (AvgIpc) is 3.53. The highest BCUT2D eigenvalue weighted by Gasteiger charge is 2.33. The van der Waals surface area contributed by atoms with Gasteiger partial charge in [0.15, 0.2) is 0 Å². The average molecular weight is 633 g/mol. The summed E-state index contributed by atoms with van der Waals surface area (Å²) < 4.78 is 0. The second-order valence-corrected chi connectivity index (χ2v) is 13.1. The summed E-state index contributed by atoms with van der Waals surface area (Å²) in [5.74, 6) is 0. The number of benzene rings is 9. The van der Waals surface area contributed by atoms with Gasteiger partial charge in [-0.1, -0.05) is 188 Å². The van der Waals surface area contributed by atoms with Gasteiger partial charge in [-0.3, -0.25) is 0 Å². The first kappa shape index (κ1) is 28.5. The van der Waals surface area contributed by atoms with Gasteiger partial charge in [-0.15, -0.1) is 0 Å². The van der Waals surface area contributed by atoms with Crippen molar-refractivity contribution in [3.63, 3.8) is 0 Å². The van der Waals surface area contributed by atoms with Crippen LogP contribution in [-0.4, -0.2) is 0 Å². The Morgan fingerprint density at radius 2 is 0.660 bits per heavy atom. The highest BCUT2D eigenvalue weighted by atomic mass is 14.4. The Kier molecular flexibility index (Phi) is 6.60. The van der Waals surface area contributed by atoms with Gasteiger partial charge in [0, 0.05) is 0 Å². The molecule has 0 aromatic heterocycles. The van der Waals surface area contributed by atoms with E-state index in [4.69, 9.17) is 0 Å². The molecule has 0 amide bonds. The third kappa shape index (κ3) is 4.32. The Morgan fingerprint density at radius 3 is 1.28 bits per heavy atom. The third-order valence-corrected chi connectivity index (χ3v) is 10.4. The standard InChI is InChI=1S/C50H32/c1-5-19-34(20-6-1)44-42(39-31-17-27-33-18-13-14-28-38(33)39)32-43-40-29-15-16-30-41(40)48-46(36-23-9-3-10-24-36)45(35-21-7-2-8-22-35)47(50(44)49(43)48)37-25-11-4-12-26-37/h1-32H. The number of fused-ring (bicyclic) bond motifs is 4. The molecule has 0 radical (unpaired) electrons. The third-order valence-electron chi connectivity index (χ3n) is 10.4. The van der Waals surface area contributed by atoms with Crippen LogP contribution in [0.15, 0.2) is 194 Å². The first-order valence-corrected chi connectivity index (χ1v) is 17.4. The Morgan fingerprint density at radius 1 is 0.220 bits per heavy atom. The van der Waals surface area contributed by atoms with Crippen LogP contribution in [0.3, 0.4) is 0 Å². The van der Waals surface area contributed by atoms with Crippen molar-refractivity contribution < 1.29 is 0 Å². The molecule has 0 nitrogen and oxygen atoms in total. The molecular formula is C50H32. The van der Waals surface area contributed by atoms with Crippen LogP contribution in [0.1, 0.15) is 0 Å². The van der Waals surface area contributed by atoms with Crippen LogP contribution in [0, 0.1) is 0 Å². The quantitative estimate of drug-likeness (QED) is 0.177. The van der Waals surface area contributed by atoms with Gasteiger partial charge in [-0.2, -0.15) is 0 Å². The van der Waals surface area contributed by atoms with E-state index in [1.807, 2.05) is 0 Å². The van der Waals surface area contributed by atoms with Gasteiger partial charge in [0.2, 0.25) is 0 Å². The fraction of sp³-hybridized carbons (Fsp3) is 0. The summed E-state index contributed by atoms with van der Waals surface area (Å²) in [4.78, 5) is 0. The molecule has 0 spiro atoms. The molecular weight excluding hydrogens is 601 g/mol. The van der Waals surface area contributed by atoms with Crippen LogP contribution in [0.5, 0.6) is 0 Å². The smallest absolute Gasteiger partial charge is 0.000137 e. The lowest BCUT2D eigenvalue weighted by Crippen LogP contribution is -1.98. The fourth-order valence-electron chi connectivity index (χ4n) is 8.37. The molecule has 0 aliphatic heterocycles. The van der Waals surface area contributed by atoms with E-state index in [0.717, 1.165) is 0 Å². The van der Waals surface area contributed by atoms with Gasteiger partial charge in [-0.25, -0.2) is 0 Å². The minimum atomic E-state index is 1.21. The maximum atomic E-state index is 2.49. The van der Waals surface area contributed by atoms with Crippen LogP contribution in [0.4, 0.5) is 0 Å². The molecule has 0 saturated heterocycles. The van der Waals surface area contributed by atoms with Crippen LogP contribution >= 0.6 is 0 Å². The molecule has 10 rings (SSSR count). The van der Waals surface area contributed by atoms with Crippen molar-refractivity contribution >= 4 is 21.5 Å². The molecule has 0 heteroatoms. The predicted molar refractivity (Wildman–Crippen MR) is 213 cm³/mol. The Hall–Kier alpha value is -6.50. The summed E-state index contributed by atoms with van der Waals surface area (Å²) in [5, 5.41) is 5.13. The maximum absolute atomic E-state index is 2.49. The van der Waals surface area contributed by atoms with Crippen molar-refractivity contribution in [3.05, 3.63) is 194 Å². The lowest BCUT2D eigenvalue weighted by atomic mass is 9.77. The van der Waals surface area contributed by atoms with Gasteiger partial charge < -0.3 is 0 Å². The first-order valence-electron chi connectivity index (χ1n) is 17.4. The van der Waals surface area contributed by atoms with Crippen molar-refractivity contribution in [1.82, 2.24) is 0 Å². The molecule has 0 saturated carbocycles. The Labute approximate surface area is 292 Å². The summed E-state index contributed by atoms with van der Waals surface area (Å²) >= 11 is 0. The van der Waals surface area contributed by atoms with Crippen LogP contribution in [0.2, 0.25) is 0 Å². The second-order valence-electron chi connectivity index (χ2n) is 13.1. The van der Waals surface area contributed by atoms with E-state index in [-0.39, 0.29) is 0 Å². The molecule has 1 aliphatic rings. The minimum Gasteiger partial charge on any atom is -0.0622 e. The van der Waals surface area contributed by atoms with Crippen LogP contribution < -0.4 is 0 Å². The monoisotopic (exact) mass is 632 g/mol. The topological polar surface area (TPSA) is 0 Å². The molecule has 9 aromatic carbocycles. The van der Waals surface area contributed by atoms with Crippen molar-refractivity contribution in [1.29, 1.82) is 0 Å². The van der Waals surface area contributed by atoms with E-state index >= 15 is 0 Å². The summed E-state index contributed by atoms with van der Waals surface area (Å²) in [7, 11) is 0. The Balaban J connectivity index is 1.54. The zero-order chi connectivity index (χ0) is 33.0. The number of rotatable bonds is 5. The summed E-state index contributed by atoms with van der Waals surface area (Å²) in [5.41, 5.74) is 17.6.